The van der Waals surface area contributed by atoms with Crippen molar-refractivity contribution >= 4 is 0 Å². The molecule has 1 atom stereocenters. The second kappa shape index (κ2) is 4.91. The normalized spacial score (nSPS) is 19.4. The molecular formula is C12H17NO4. The van der Waals surface area contributed by atoms with Crippen LogP contribution in [0.2, 0.25) is 0 Å². The molecule has 17 heavy (non-hydrogen) atoms. The van der Waals surface area contributed by atoms with E-state index in [4.69, 9.17) is 4.84 Å². The molecule has 0 amide bonds. The number of benzene rings is 1. The van der Waals surface area contributed by atoms with Gasteiger partial charge in [-0.25, -0.2) is 0 Å². The summed E-state index contributed by atoms with van der Waals surface area (Å²) in [4.78, 5) is 5.31. The summed E-state index contributed by atoms with van der Waals surface area (Å²) in [6.45, 7) is 2.20. The number of hydrogen-bond acceptors (Lipinski definition) is 5. The number of phenols is 2. The van der Waals surface area contributed by atoms with E-state index >= 15 is 0 Å². The van der Waals surface area contributed by atoms with Crippen LogP contribution in [0.1, 0.15) is 24.5 Å². The van der Waals surface area contributed by atoms with Crippen LogP contribution in [0.5, 0.6) is 11.5 Å². The van der Waals surface area contributed by atoms with Crippen molar-refractivity contribution in [1.29, 1.82) is 0 Å². The molecule has 3 N–H and O–H groups in total. The number of rotatable bonds is 3. The molecule has 1 unspecified atom stereocenters. The zero-order chi connectivity index (χ0) is 12.4. The monoisotopic (exact) mass is 239 g/mol. The van der Waals surface area contributed by atoms with Gasteiger partial charge < -0.3 is 10.2 Å². The Hall–Kier alpha value is -1.30. The summed E-state index contributed by atoms with van der Waals surface area (Å²) in [6, 6.07) is 3.26. The number of nitrogens with zero attached hydrogens (tertiary/aromatic N) is 1. The van der Waals surface area contributed by atoms with Crippen LogP contribution in [0.25, 0.3) is 0 Å². The van der Waals surface area contributed by atoms with Crippen molar-refractivity contribution in [2.75, 3.05) is 6.54 Å². The van der Waals surface area contributed by atoms with E-state index in [1.54, 1.807) is 13.0 Å². The number of fused-ring (bicyclic) bond motifs is 1. The highest BCUT2D eigenvalue weighted by molar-refractivity contribution is 5.50. The molecule has 0 bridgehead atoms. The van der Waals surface area contributed by atoms with Gasteiger partial charge in [-0.15, -0.1) is 0 Å². The van der Waals surface area contributed by atoms with Crippen molar-refractivity contribution in [3.63, 3.8) is 0 Å². The molecule has 1 aliphatic rings. The molecule has 94 valence electrons. The highest BCUT2D eigenvalue weighted by Crippen LogP contribution is 2.36. The molecule has 0 aromatic heterocycles. The van der Waals surface area contributed by atoms with Crippen molar-refractivity contribution in [3.8, 4) is 11.5 Å². The minimum Gasteiger partial charge on any atom is -0.504 e. The Morgan fingerprint density at radius 3 is 2.88 bits per heavy atom. The van der Waals surface area contributed by atoms with Crippen LogP contribution in [0.15, 0.2) is 12.1 Å². The summed E-state index contributed by atoms with van der Waals surface area (Å²) in [5, 5.41) is 29.2. The first kappa shape index (κ1) is 12.2. The van der Waals surface area contributed by atoms with Gasteiger partial charge in [0, 0.05) is 18.5 Å². The maximum atomic E-state index is 9.71. The van der Waals surface area contributed by atoms with Gasteiger partial charge in [0.25, 0.3) is 0 Å². The van der Waals surface area contributed by atoms with Crippen LogP contribution in [-0.2, 0) is 17.7 Å². The molecular weight excluding hydrogens is 222 g/mol. The largest absolute Gasteiger partial charge is 0.504 e. The maximum Gasteiger partial charge on any atom is 0.160 e. The lowest BCUT2D eigenvalue weighted by Gasteiger charge is -2.27. The van der Waals surface area contributed by atoms with Crippen molar-refractivity contribution in [1.82, 2.24) is 5.23 Å². The van der Waals surface area contributed by atoms with Gasteiger partial charge in [0.15, 0.2) is 11.5 Å². The molecule has 1 aromatic carbocycles. The van der Waals surface area contributed by atoms with Crippen LogP contribution in [0.3, 0.4) is 0 Å². The van der Waals surface area contributed by atoms with Gasteiger partial charge in [-0.2, -0.15) is 0 Å². The Morgan fingerprint density at radius 1 is 1.41 bits per heavy atom. The molecule has 2 rings (SSSR count). The lowest BCUT2D eigenvalue weighted by atomic mass is 9.89. The average Bonchev–Trinajstić information content (AvgIpc) is 2.34. The maximum absolute atomic E-state index is 9.71. The van der Waals surface area contributed by atoms with Gasteiger partial charge in [-0.1, -0.05) is 11.3 Å². The summed E-state index contributed by atoms with van der Waals surface area (Å²) in [5.74, 6) is -0.113. The molecule has 0 aliphatic heterocycles. The Kier molecular flexibility index (Phi) is 3.51. The van der Waals surface area contributed by atoms with E-state index in [0.29, 0.717) is 25.8 Å². The predicted molar refractivity (Wildman–Crippen MR) is 60.8 cm³/mol. The summed E-state index contributed by atoms with van der Waals surface area (Å²) >= 11 is 0. The average molecular weight is 239 g/mol. The van der Waals surface area contributed by atoms with Gasteiger partial charge in [-0.05, 0) is 31.4 Å². The molecule has 0 heterocycles. The molecule has 1 aliphatic carbocycles. The van der Waals surface area contributed by atoms with Crippen LogP contribution >= 0.6 is 0 Å². The quantitative estimate of drug-likeness (QED) is 0.552. The molecule has 0 radical (unpaired) electrons. The standard InChI is InChI=1S/C12H17NO4/c1-2-13(16)17-9-4-5-10-8(7-9)3-6-11(14)12(10)15/h3,6,9,14-16H,2,4-5,7H2,1H3. The third-order valence-corrected chi connectivity index (χ3v) is 3.06. The first-order valence-electron chi connectivity index (χ1n) is 5.77. The van der Waals surface area contributed by atoms with Gasteiger partial charge >= 0.3 is 0 Å². The first-order valence-corrected chi connectivity index (χ1v) is 5.77. The van der Waals surface area contributed by atoms with Crippen LogP contribution in [-0.4, -0.2) is 33.3 Å². The summed E-state index contributed by atoms with van der Waals surface area (Å²) in [6.07, 6.45) is 1.88. The van der Waals surface area contributed by atoms with E-state index in [-0.39, 0.29) is 17.6 Å². The number of hydroxylamine groups is 2. The molecule has 5 heteroatoms. The Morgan fingerprint density at radius 2 is 2.18 bits per heavy atom. The Bertz CT molecular complexity index is 408. The third kappa shape index (κ3) is 2.52. The summed E-state index contributed by atoms with van der Waals surface area (Å²) in [5.41, 5.74) is 1.74. The highest BCUT2D eigenvalue weighted by Gasteiger charge is 2.24. The van der Waals surface area contributed by atoms with Crippen LogP contribution < -0.4 is 0 Å². The van der Waals surface area contributed by atoms with Crippen molar-refractivity contribution in [3.05, 3.63) is 23.3 Å². The molecule has 5 nitrogen and oxygen atoms in total. The number of hydrogen-bond donors (Lipinski definition) is 3. The number of aromatic hydroxyl groups is 2. The van der Waals surface area contributed by atoms with Gasteiger partial charge in [-0.3, -0.25) is 10.0 Å². The minimum atomic E-state index is -0.0867. The fourth-order valence-electron chi connectivity index (χ4n) is 2.13. The van der Waals surface area contributed by atoms with Gasteiger partial charge in [0.2, 0.25) is 0 Å². The molecule has 0 saturated carbocycles. The summed E-state index contributed by atoms with van der Waals surface area (Å²) < 4.78 is 0. The third-order valence-electron chi connectivity index (χ3n) is 3.06. The van der Waals surface area contributed by atoms with E-state index in [9.17, 15) is 15.4 Å². The van der Waals surface area contributed by atoms with Crippen LogP contribution in [0, 0.1) is 0 Å². The minimum absolute atomic E-state index is 0.0303. The molecule has 1 aromatic rings. The SMILES string of the molecule is CCN(O)OC1CCc2c(ccc(O)c2O)C1. The van der Waals surface area contributed by atoms with E-state index in [1.165, 1.54) is 6.07 Å². The highest BCUT2D eigenvalue weighted by atomic mass is 16.9. The molecule has 0 fully saturated rings. The van der Waals surface area contributed by atoms with Crippen LogP contribution in [0.4, 0.5) is 0 Å². The lowest BCUT2D eigenvalue weighted by molar-refractivity contribution is -0.359. The Labute approximate surface area is 99.8 Å². The lowest BCUT2D eigenvalue weighted by Crippen LogP contribution is -2.31. The molecule has 0 spiro atoms. The topological polar surface area (TPSA) is 73.2 Å². The van der Waals surface area contributed by atoms with E-state index in [1.807, 2.05) is 0 Å². The zero-order valence-electron chi connectivity index (χ0n) is 9.76. The summed E-state index contributed by atoms with van der Waals surface area (Å²) in [7, 11) is 0. The van der Waals surface area contributed by atoms with Crippen molar-refractivity contribution in [2.24, 2.45) is 0 Å². The zero-order valence-corrected chi connectivity index (χ0v) is 9.76. The van der Waals surface area contributed by atoms with Crippen molar-refractivity contribution in [2.45, 2.75) is 32.3 Å². The number of phenolic OH excluding ortho intramolecular Hbond substituents is 2. The van der Waals surface area contributed by atoms with Gasteiger partial charge in [0.1, 0.15) is 0 Å². The van der Waals surface area contributed by atoms with E-state index in [2.05, 4.69) is 0 Å². The van der Waals surface area contributed by atoms with Gasteiger partial charge in [0.05, 0.1) is 6.10 Å². The fraction of sp³-hybridized carbons (Fsp3) is 0.500. The Balaban J connectivity index is 2.12. The molecule has 0 saturated heterocycles. The second-order valence-electron chi connectivity index (χ2n) is 4.21. The predicted octanol–water partition coefficient (Wildman–Crippen LogP) is 1.60. The second-order valence-corrected chi connectivity index (χ2v) is 4.21. The fourth-order valence-corrected chi connectivity index (χ4v) is 2.13. The van der Waals surface area contributed by atoms with Crippen molar-refractivity contribution < 1.29 is 20.3 Å². The van der Waals surface area contributed by atoms with E-state index < -0.39 is 0 Å². The smallest absolute Gasteiger partial charge is 0.160 e. The first-order chi connectivity index (χ1) is 8.11. The van der Waals surface area contributed by atoms with E-state index in [0.717, 1.165) is 16.4 Å².